The Morgan fingerprint density at radius 3 is 2.35 bits per heavy atom. The molecule has 4 rings (SSSR count). The van der Waals surface area contributed by atoms with E-state index in [1.165, 1.54) is 14.2 Å². The number of aliphatic carboxylic acids is 1. The zero-order valence-electron chi connectivity index (χ0n) is 22.9. The van der Waals surface area contributed by atoms with Gasteiger partial charge in [-0.25, -0.2) is 0 Å². The number of amides is 1. The number of nitrogens with zero attached hydrogens (tertiary/aromatic N) is 1. The monoisotopic (exact) mass is 544 g/mol. The van der Waals surface area contributed by atoms with Crippen molar-refractivity contribution in [2.24, 2.45) is 0 Å². The molecule has 40 heavy (non-hydrogen) atoms. The predicted octanol–water partition coefficient (Wildman–Crippen LogP) is 5.00. The van der Waals surface area contributed by atoms with Crippen LogP contribution < -0.4 is 24.3 Å². The lowest BCUT2D eigenvalue weighted by molar-refractivity contribution is -0.137. The maximum atomic E-state index is 13.0. The first-order valence-corrected chi connectivity index (χ1v) is 12.7. The Labute approximate surface area is 233 Å². The van der Waals surface area contributed by atoms with Crippen LogP contribution in [0.2, 0.25) is 0 Å². The summed E-state index contributed by atoms with van der Waals surface area (Å²) in [6.45, 7) is 2.32. The number of carboxylic acid groups (broad SMARTS) is 1. The molecule has 1 heterocycles. The van der Waals surface area contributed by atoms with Crippen molar-refractivity contribution < 1.29 is 33.6 Å². The van der Waals surface area contributed by atoms with Crippen molar-refractivity contribution in [3.05, 3.63) is 82.7 Å². The minimum Gasteiger partial charge on any atom is -0.497 e. The lowest BCUT2D eigenvalue weighted by atomic mass is 10.00. The van der Waals surface area contributed by atoms with E-state index >= 15 is 0 Å². The SMILES string of the molecule is COc1ccc2c(c1)C(CC(=O)NCc1ccccn1)=C(C)/C2=C/c1cc(OC)c(OCCC(=O)O)c(OC)c1. The number of hydrogen-bond acceptors (Lipinski definition) is 7. The summed E-state index contributed by atoms with van der Waals surface area (Å²) in [6.07, 6.45) is 3.74. The van der Waals surface area contributed by atoms with E-state index in [1.54, 1.807) is 25.4 Å². The summed E-state index contributed by atoms with van der Waals surface area (Å²) in [4.78, 5) is 28.2. The number of aromatic nitrogens is 1. The third kappa shape index (κ3) is 6.43. The molecule has 2 N–H and O–H groups in total. The molecule has 0 aliphatic heterocycles. The third-order valence-corrected chi connectivity index (χ3v) is 6.59. The first-order chi connectivity index (χ1) is 19.3. The maximum Gasteiger partial charge on any atom is 0.306 e. The smallest absolute Gasteiger partial charge is 0.306 e. The molecule has 0 fully saturated rings. The lowest BCUT2D eigenvalue weighted by Crippen LogP contribution is -2.23. The molecule has 0 saturated carbocycles. The second kappa shape index (κ2) is 12.8. The standard InChI is InChI=1S/C31H32N2O7/c1-19-24(13-20-14-27(38-3)31(28(15-20)39-4)40-12-10-30(35)36)23-9-8-22(37-2)16-26(23)25(19)17-29(34)33-18-21-7-5-6-11-32-21/h5-9,11,13-16H,10,12,17-18H2,1-4H3,(H,33,34)(H,35,36)/b24-13-. The van der Waals surface area contributed by atoms with Gasteiger partial charge in [0.25, 0.3) is 0 Å². The van der Waals surface area contributed by atoms with E-state index in [2.05, 4.69) is 10.3 Å². The Morgan fingerprint density at radius 2 is 1.73 bits per heavy atom. The fourth-order valence-corrected chi connectivity index (χ4v) is 4.56. The van der Waals surface area contributed by atoms with Crippen LogP contribution in [-0.2, 0) is 16.1 Å². The van der Waals surface area contributed by atoms with E-state index in [-0.39, 0.29) is 25.4 Å². The Hall–Kier alpha value is -4.79. The fourth-order valence-electron chi connectivity index (χ4n) is 4.56. The number of benzene rings is 2. The van der Waals surface area contributed by atoms with Crippen molar-refractivity contribution in [3.63, 3.8) is 0 Å². The van der Waals surface area contributed by atoms with Gasteiger partial charge >= 0.3 is 5.97 Å². The predicted molar refractivity (Wildman–Crippen MR) is 151 cm³/mol. The summed E-state index contributed by atoms with van der Waals surface area (Å²) >= 11 is 0. The van der Waals surface area contributed by atoms with E-state index in [0.29, 0.717) is 29.5 Å². The Bertz CT molecular complexity index is 1440. The quantitative estimate of drug-likeness (QED) is 0.328. The lowest BCUT2D eigenvalue weighted by Gasteiger charge is -2.15. The number of hydrogen-bond donors (Lipinski definition) is 2. The number of nitrogens with one attached hydrogen (secondary N) is 1. The summed E-state index contributed by atoms with van der Waals surface area (Å²) in [5, 5.41) is 11.9. The van der Waals surface area contributed by atoms with E-state index in [1.807, 2.05) is 49.4 Å². The zero-order chi connectivity index (χ0) is 28.6. The Kier molecular flexibility index (Phi) is 9.06. The molecule has 1 aliphatic rings. The first-order valence-electron chi connectivity index (χ1n) is 12.7. The average Bonchev–Trinajstić information content (AvgIpc) is 3.21. The van der Waals surface area contributed by atoms with Crippen LogP contribution in [-0.4, -0.2) is 49.9 Å². The van der Waals surface area contributed by atoms with Crippen molar-refractivity contribution >= 4 is 29.1 Å². The molecule has 0 radical (unpaired) electrons. The Morgan fingerprint density at radius 1 is 0.975 bits per heavy atom. The molecule has 0 bridgehead atoms. The topological polar surface area (TPSA) is 116 Å². The van der Waals surface area contributed by atoms with Crippen LogP contribution in [0.5, 0.6) is 23.0 Å². The number of ether oxygens (including phenoxy) is 4. The molecule has 0 spiro atoms. The van der Waals surface area contributed by atoms with Crippen molar-refractivity contribution in [2.75, 3.05) is 27.9 Å². The number of carbonyl (C=O) groups is 2. The van der Waals surface area contributed by atoms with Crippen LogP contribution in [0.15, 0.2) is 60.3 Å². The van der Waals surface area contributed by atoms with Gasteiger partial charge in [-0.2, -0.15) is 0 Å². The van der Waals surface area contributed by atoms with Crippen LogP contribution in [0.1, 0.15) is 42.1 Å². The maximum absolute atomic E-state index is 13.0. The van der Waals surface area contributed by atoms with Gasteiger partial charge in [-0.15, -0.1) is 0 Å². The molecule has 0 atom stereocenters. The summed E-state index contributed by atoms with van der Waals surface area (Å²) in [5.41, 5.74) is 6.32. The van der Waals surface area contributed by atoms with E-state index in [9.17, 15) is 9.59 Å². The van der Waals surface area contributed by atoms with Gasteiger partial charge in [0, 0.05) is 6.20 Å². The number of pyridine rings is 1. The van der Waals surface area contributed by atoms with Crippen LogP contribution in [0.25, 0.3) is 17.2 Å². The van der Waals surface area contributed by atoms with E-state index < -0.39 is 5.97 Å². The fraction of sp³-hybridized carbons (Fsp3) is 0.258. The van der Waals surface area contributed by atoms with E-state index in [4.69, 9.17) is 24.1 Å². The summed E-state index contributed by atoms with van der Waals surface area (Å²) < 4.78 is 22.2. The van der Waals surface area contributed by atoms with Crippen LogP contribution in [0.4, 0.5) is 0 Å². The van der Waals surface area contributed by atoms with Crippen LogP contribution in [0, 0.1) is 0 Å². The van der Waals surface area contributed by atoms with Crippen LogP contribution >= 0.6 is 0 Å². The van der Waals surface area contributed by atoms with Crippen molar-refractivity contribution in [1.29, 1.82) is 0 Å². The van der Waals surface area contributed by atoms with Gasteiger partial charge in [-0.3, -0.25) is 14.6 Å². The average molecular weight is 545 g/mol. The highest BCUT2D eigenvalue weighted by Crippen LogP contribution is 2.46. The molecule has 208 valence electrons. The molecule has 9 heteroatoms. The minimum absolute atomic E-state index is 0.0225. The first kappa shape index (κ1) is 28.2. The molecule has 0 saturated heterocycles. The highest BCUT2D eigenvalue weighted by atomic mass is 16.5. The van der Waals surface area contributed by atoms with Gasteiger partial charge in [0.1, 0.15) is 5.75 Å². The highest BCUT2D eigenvalue weighted by molar-refractivity contribution is 6.08. The van der Waals surface area contributed by atoms with Gasteiger partial charge in [0.05, 0.1) is 53.0 Å². The number of methoxy groups -OCH3 is 3. The number of rotatable bonds is 12. The van der Waals surface area contributed by atoms with Crippen molar-refractivity contribution in [2.45, 2.75) is 26.3 Å². The second-order valence-corrected chi connectivity index (χ2v) is 9.09. The molecule has 3 aromatic rings. The summed E-state index contributed by atoms with van der Waals surface area (Å²) in [5.74, 6) is 0.800. The number of carboxylic acids is 1. The van der Waals surface area contributed by atoms with Crippen molar-refractivity contribution in [1.82, 2.24) is 10.3 Å². The zero-order valence-corrected chi connectivity index (χ0v) is 22.9. The molecule has 0 unspecified atom stereocenters. The highest BCUT2D eigenvalue weighted by Gasteiger charge is 2.26. The van der Waals surface area contributed by atoms with Gasteiger partial charge in [-0.05, 0) is 82.8 Å². The normalized spacial score (nSPS) is 13.2. The number of fused-ring (bicyclic) bond motifs is 1. The molecule has 2 aromatic carbocycles. The molecular formula is C31H32N2O7. The molecular weight excluding hydrogens is 512 g/mol. The van der Waals surface area contributed by atoms with Crippen molar-refractivity contribution in [3.8, 4) is 23.0 Å². The van der Waals surface area contributed by atoms with Gasteiger partial charge in [-0.1, -0.05) is 12.1 Å². The van der Waals surface area contributed by atoms with Gasteiger partial charge in [0.15, 0.2) is 11.5 Å². The second-order valence-electron chi connectivity index (χ2n) is 9.09. The summed E-state index contributed by atoms with van der Waals surface area (Å²) in [6, 6.07) is 15.0. The van der Waals surface area contributed by atoms with Gasteiger partial charge < -0.3 is 29.4 Å². The van der Waals surface area contributed by atoms with E-state index in [0.717, 1.165) is 39.1 Å². The number of allylic oxidation sites excluding steroid dienone is 2. The molecule has 1 amide bonds. The molecule has 1 aliphatic carbocycles. The molecule has 9 nitrogen and oxygen atoms in total. The van der Waals surface area contributed by atoms with Gasteiger partial charge in [0.2, 0.25) is 11.7 Å². The largest absolute Gasteiger partial charge is 0.497 e. The summed E-state index contributed by atoms with van der Waals surface area (Å²) in [7, 11) is 4.64. The van der Waals surface area contributed by atoms with Crippen LogP contribution in [0.3, 0.4) is 0 Å². The molecule has 1 aromatic heterocycles. The number of carbonyl (C=O) groups excluding carboxylic acids is 1. The Balaban J connectivity index is 1.68. The third-order valence-electron chi connectivity index (χ3n) is 6.59. The minimum atomic E-state index is -0.959.